The summed E-state index contributed by atoms with van der Waals surface area (Å²) >= 11 is 0. The summed E-state index contributed by atoms with van der Waals surface area (Å²) in [5.41, 5.74) is 0.616. The highest BCUT2D eigenvalue weighted by Crippen LogP contribution is 2.07. The van der Waals surface area contributed by atoms with Crippen LogP contribution in [0, 0.1) is 5.92 Å². The Bertz CT molecular complexity index is 374. The van der Waals surface area contributed by atoms with Crippen LogP contribution in [-0.2, 0) is 7.05 Å². The molecule has 0 spiro atoms. The van der Waals surface area contributed by atoms with Crippen LogP contribution in [0.15, 0.2) is 12.4 Å². The fourth-order valence-electron chi connectivity index (χ4n) is 2.00. The highest BCUT2D eigenvalue weighted by atomic mass is 16.1. The molecule has 0 radical (unpaired) electrons. The maximum Gasteiger partial charge on any atom is 0.254 e. The molecule has 0 aliphatic heterocycles. The minimum atomic E-state index is -0.0457. The van der Waals surface area contributed by atoms with Crippen molar-refractivity contribution in [3.05, 3.63) is 18.0 Å². The molecule has 0 unspecified atom stereocenters. The molecule has 0 aliphatic rings. The van der Waals surface area contributed by atoms with Crippen LogP contribution in [0.4, 0.5) is 0 Å². The van der Waals surface area contributed by atoms with Crippen LogP contribution in [0.1, 0.15) is 30.6 Å². The average Bonchev–Trinajstić information content (AvgIpc) is 2.62. The Balaban J connectivity index is 2.61. The number of nitrogens with one attached hydrogen (secondary N) is 1. The van der Waals surface area contributed by atoms with E-state index in [2.05, 4.69) is 29.2 Å². The van der Waals surface area contributed by atoms with Gasteiger partial charge < -0.3 is 10.2 Å². The predicted molar refractivity (Wildman–Crippen MR) is 72.5 cm³/mol. The van der Waals surface area contributed by atoms with Crippen molar-refractivity contribution < 1.29 is 4.79 Å². The number of carbonyl (C=O) groups excluding carboxylic acids is 1. The number of likely N-dealkylation sites (N-methyl/N-ethyl adjacent to an activating group) is 1. The molecule has 0 saturated carbocycles. The maximum absolute atomic E-state index is 12.0. The summed E-state index contributed by atoms with van der Waals surface area (Å²) in [5, 5.41) is 7.09. The van der Waals surface area contributed by atoms with Crippen molar-refractivity contribution in [3.8, 4) is 0 Å². The van der Waals surface area contributed by atoms with Crippen LogP contribution >= 0.6 is 0 Å². The predicted octanol–water partition coefficient (Wildman–Crippen LogP) is 1.13. The Morgan fingerprint density at radius 2 is 2.17 bits per heavy atom. The Kier molecular flexibility index (Phi) is 5.34. The zero-order valence-electron chi connectivity index (χ0n) is 12.0. The second kappa shape index (κ2) is 6.54. The van der Waals surface area contributed by atoms with Crippen LogP contribution in [0.3, 0.4) is 0 Å². The molecule has 1 rings (SSSR count). The van der Waals surface area contributed by atoms with E-state index in [0.717, 1.165) is 13.0 Å². The lowest BCUT2D eigenvalue weighted by Gasteiger charge is -2.23. The molecule has 102 valence electrons. The zero-order chi connectivity index (χ0) is 13.7. The summed E-state index contributed by atoms with van der Waals surface area (Å²) in [6, 6.07) is 0.174. The molecule has 5 nitrogen and oxygen atoms in total. The van der Waals surface area contributed by atoms with Crippen LogP contribution in [-0.4, -0.2) is 47.3 Å². The van der Waals surface area contributed by atoms with Crippen molar-refractivity contribution in [2.24, 2.45) is 13.0 Å². The molecular formula is C13H24N4O. The van der Waals surface area contributed by atoms with Crippen molar-refractivity contribution in [2.75, 3.05) is 20.6 Å². The largest absolute Gasteiger partial charge is 0.348 e. The SMILES string of the molecule is CC(C)C[C@@H](CN(C)C)NC(=O)c1cnn(C)c1. The molecule has 18 heavy (non-hydrogen) atoms. The van der Waals surface area contributed by atoms with Gasteiger partial charge in [-0.2, -0.15) is 5.10 Å². The summed E-state index contributed by atoms with van der Waals surface area (Å²) in [5.74, 6) is 0.514. The van der Waals surface area contributed by atoms with Gasteiger partial charge in [0.05, 0.1) is 11.8 Å². The first kappa shape index (κ1) is 14.7. The number of amides is 1. The van der Waals surface area contributed by atoms with Gasteiger partial charge in [-0.3, -0.25) is 9.48 Å². The van der Waals surface area contributed by atoms with Crippen molar-refractivity contribution in [1.82, 2.24) is 20.0 Å². The fraction of sp³-hybridized carbons (Fsp3) is 0.692. The normalized spacial score (nSPS) is 13.1. The number of carbonyl (C=O) groups is 1. The lowest BCUT2D eigenvalue weighted by molar-refractivity contribution is 0.0924. The minimum absolute atomic E-state index is 0.0457. The lowest BCUT2D eigenvalue weighted by Crippen LogP contribution is -2.42. The number of hydrogen-bond donors (Lipinski definition) is 1. The molecule has 0 aromatic carbocycles. The standard InChI is InChI=1S/C13H24N4O/c1-10(2)6-12(9-16(3)4)15-13(18)11-7-14-17(5)8-11/h7-8,10,12H,6,9H2,1-5H3,(H,15,18)/t12-/m0/s1. The van der Waals surface area contributed by atoms with E-state index >= 15 is 0 Å². The molecule has 1 atom stereocenters. The molecule has 0 bridgehead atoms. The van der Waals surface area contributed by atoms with Gasteiger partial charge in [0.15, 0.2) is 0 Å². The third-order valence-electron chi connectivity index (χ3n) is 2.64. The fourth-order valence-corrected chi connectivity index (χ4v) is 2.00. The molecule has 1 aromatic rings. The van der Waals surface area contributed by atoms with E-state index < -0.39 is 0 Å². The van der Waals surface area contributed by atoms with Gasteiger partial charge in [-0.05, 0) is 26.4 Å². The van der Waals surface area contributed by atoms with E-state index in [1.165, 1.54) is 0 Å². The number of rotatable bonds is 6. The summed E-state index contributed by atoms with van der Waals surface area (Å²) < 4.78 is 1.64. The highest BCUT2D eigenvalue weighted by Gasteiger charge is 2.16. The van der Waals surface area contributed by atoms with Gasteiger partial charge in [0, 0.05) is 25.8 Å². The summed E-state index contributed by atoms with van der Waals surface area (Å²) in [7, 11) is 5.84. The number of aryl methyl sites for hydroxylation is 1. The first-order valence-corrected chi connectivity index (χ1v) is 6.32. The van der Waals surface area contributed by atoms with E-state index in [-0.39, 0.29) is 11.9 Å². The van der Waals surface area contributed by atoms with Crippen molar-refractivity contribution in [1.29, 1.82) is 0 Å². The van der Waals surface area contributed by atoms with E-state index in [9.17, 15) is 4.79 Å². The van der Waals surface area contributed by atoms with Gasteiger partial charge >= 0.3 is 0 Å². The molecule has 5 heteroatoms. The quantitative estimate of drug-likeness (QED) is 0.825. The number of aromatic nitrogens is 2. The van der Waals surface area contributed by atoms with Gasteiger partial charge in [-0.25, -0.2) is 0 Å². The summed E-state index contributed by atoms with van der Waals surface area (Å²) in [6.07, 6.45) is 4.30. The van der Waals surface area contributed by atoms with Gasteiger partial charge in [-0.1, -0.05) is 13.8 Å². The van der Waals surface area contributed by atoms with Crippen molar-refractivity contribution in [3.63, 3.8) is 0 Å². The lowest BCUT2D eigenvalue weighted by atomic mass is 10.0. The van der Waals surface area contributed by atoms with E-state index in [1.54, 1.807) is 17.1 Å². The van der Waals surface area contributed by atoms with Gasteiger partial charge in [0.2, 0.25) is 0 Å². The van der Waals surface area contributed by atoms with Crippen molar-refractivity contribution in [2.45, 2.75) is 26.3 Å². The monoisotopic (exact) mass is 252 g/mol. The van der Waals surface area contributed by atoms with Gasteiger partial charge in [0.25, 0.3) is 5.91 Å². The van der Waals surface area contributed by atoms with E-state index in [1.807, 2.05) is 21.1 Å². The molecule has 1 aromatic heterocycles. The van der Waals surface area contributed by atoms with Crippen molar-refractivity contribution >= 4 is 5.91 Å². The Morgan fingerprint density at radius 1 is 1.50 bits per heavy atom. The molecular weight excluding hydrogens is 228 g/mol. The Hall–Kier alpha value is -1.36. The average molecular weight is 252 g/mol. The first-order valence-electron chi connectivity index (χ1n) is 6.32. The molecule has 1 N–H and O–H groups in total. The number of hydrogen-bond acceptors (Lipinski definition) is 3. The van der Waals surface area contributed by atoms with Crippen LogP contribution in [0.25, 0.3) is 0 Å². The summed E-state index contributed by atoms with van der Waals surface area (Å²) in [6.45, 7) is 5.18. The second-order valence-corrected chi connectivity index (χ2v) is 5.46. The molecule has 0 aliphatic carbocycles. The molecule has 0 fully saturated rings. The third kappa shape index (κ3) is 4.87. The van der Waals surface area contributed by atoms with Crippen LogP contribution in [0.5, 0.6) is 0 Å². The first-order chi connectivity index (χ1) is 8.38. The molecule has 1 amide bonds. The second-order valence-electron chi connectivity index (χ2n) is 5.46. The minimum Gasteiger partial charge on any atom is -0.348 e. The smallest absolute Gasteiger partial charge is 0.254 e. The van der Waals surface area contributed by atoms with E-state index in [0.29, 0.717) is 11.5 Å². The topological polar surface area (TPSA) is 50.2 Å². The Labute approximate surface area is 109 Å². The van der Waals surface area contributed by atoms with Gasteiger partial charge in [-0.15, -0.1) is 0 Å². The maximum atomic E-state index is 12.0. The molecule has 1 heterocycles. The molecule has 0 saturated heterocycles. The van der Waals surface area contributed by atoms with E-state index in [4.69, 9.17) is 0 Å². The van der Waals surface area contributed by atoms with Crippen LogP contribution < -0.4 is 5.32 Å². The van der Waals surface area contributed by atoms with Crippen LogP contribution in [0.2, 0.25) is 0 Å². The Morgan fingerprint density at radius 3 is 2.61 bits per heavy atom. The number of nitrogens with zero attached hydrogens (tertiary/aromatic N) is 3. The zero-order valence-corrected chi connectivity index (χ0v) is 12.0. The summed E-state index contributed by atoms with van der Waals surface area (Å²) in [4.78, 5) is 14.1. The van der Waals surface area contributed by atoms with Gasteiger partial charge in [0.1, 0.15) is 0 Å². The third-order valence-corrected chi connectivity index (χ3v) is 2.64. The highest BCUT2D eigenvalue weighted by molar-refractivity contribution is 5.93.